The largest absolute Gasteiger partial charge is 0.546 e. The van der Waals surface area contributed by atoms with Gasteiger partial charge in [0.05, 0.1) is 11.4 Å². The van der Waals surface area contributed by atoms with Crippen LogP contribution in [0.15, 0.2) is 45.6 Å². The number of aryl methyl sites for hydroxylation is 3. The van der Waals surface area contributed by atoms with Crippen LogP contribution in [0.3, 0.4) is 0 Å². The van der Waals surface area contributed by atoms with Gasteiger partial charge >= 0.3 is 0 Å². The van der Waals surface area contributed by atoms with Gasteiger partial charge in [0.1, 0.15) is 11.7 Å². The van der Waals surface area contributed by atoms with E-state index >= 15 is 0 Å². The molecule has 0 N–H and O–H groups in total. The molecule has 0 radical (unpaired) electrons. The standard InChI is InChI=1S/C21H20O5/c1-11-5-7-15(8-6-11)19-20(25-14(4)21(23)24)18(22)17-13(3)9-12(2)10-16(17)26-19/h5-10,14H,1-4H3,(H,23,24)/p-1/t14-/m0/s1. The predicted molar refractivity (Wildman–Crippen MR) is 97.2 cm³/mol. The summed E-state index contributed by atoms with van der Waals surface area (Å²) in [5.74, 6) is -1.31. The number of carbonyl (C=O) groups is 1. The van der Waals surface area contributed by atoms with Gasteiger partial charge in [0.25, 0.3) is 0 Å². The molecule has 3 aromatic rings. The van der Waals surface area contributed by atoms with Crippen molar-refractivity contribution >= 4 is 16.9 Å². The molecule has 0 aliphatic carbocycles. The predicted octanol–water partition coefficient (Wildman–Crippen LogP) is 2.90. The monoisotopic (exact) mass is 351 g/mol. The summed E-state index contributed by atoms with van der Waals surface area (Å²) in [5, 5.41) is 11.5. The van der Waals surface area contributed by atoms with Crippen molar-refractivity contribution in [1.82, 2.24) is 0 Å². The molecule has 5 nitrogen and oxygen atoms in total. The minimum Gasteiger partial charge on any atom is -0.546 e. The lowest BCUT2D eigenvalue weighted by molar-refractivity contribution is -0.312. The van der Waals surface area contributed by atoms with Crippen LogP contribution >= 0.6 is 0 Å². The molecular weight excluding hydrogens is 332 g/mol. The van der Waals surface area contributed by atoms with Gasteiger partial charge in [-0.15, -0.1) is 0 Å². The molecule has 5 heteroatoms. The molecule has 0 saturated heterocycles. The van der Waals surface area contributed by atoms with Gasteiger partial charge in [-0.05, 0) is 44.9 Å². The average molecular weight is 351 g/mol. The highest BCUT2D eigenvalue weighted by molar-refractivity contribution is 5.85. The van der Waals surface area contributed by atoms with Crippen LogP contribution in [0.4, 0.5) is 0 Å². The molecule has 0 bridgehead atoms. The number of carboxylic acid groups (broad SMARTS) is 1. The van der Waals surface area contributed by atoms with Crippen LogP contribution in [-0.2, 0) is 4.79 Å². The highest BCUT2D eigenvalue weighted by Crippen LogP contribution is 2.33. The van der Waals surface area contributed by atoms with Crippen molar-refractivity contribution in [3.8, 4) is 17.1 Å². The summed E-state index contributed by atoms with van der Waals surface area (Å²) in [6.07, 6.45) is -1.29. The Morgan fingerprint density at radius 2 is 1.73 bits per heavy atom. The summed E-state index contributed by atoms with van der Waals surface area (Å²) >= 11 is 0. The maximum absolute atomic E-state index is 13.1. The molecular formula is C21H19O5-. The Labute approximate surface area is 150 Å². The number of rotatable bonds is 4. The molecule has 0 spiro atoms. The van der Waals surface area contributed by atoms with Gasteiger partial charge in [0.15, 0.2) is 5.76 Å². The van der Waals surface area contributed by atoms with E-state index in [0.29, 0.717) is 16.5 Å². The van der Waals surface area contributed by atoms with Crippen LogP contribution in [0.5, 0.6) is 5.75 Å². The lowest BCUT2D eigenvalue weighted by atomic mass is 10.0. The van der Waals surface area contributed by atoms with Crippen molar-refractivity contribution in [3.05, 3.63) is 63.3 Å². The van der Waals surface area contributed by atoms with E-state index in [1.54, 1.807) is 18.2 Å². The van der Waals surface area contributed by atoms with Crippen LogP contribution in [0.2, 0.25) is 0 Å². The normalized spacial score (nSPS) is 12.2. The zero-order chi connectivity index (χ0) is 19.0. The molecule has 1 heterocycles. The zero-order valence-electron chi connectivity index (χ0n) is 15.1. The summed E-state index contributed by atoms with van der Waals surface area (Å²) in [6, 6.07) is 11.0. The first kappa shape index (κ1) is 17.7. The summed E-state index contributed by atoms with van der Waals surface area (Å²) in [4.78, 5) is 24.2. The molecule has 2 aromatic carbocycles. The van der Waals surface area contributed by atoms with E-state index in [2.05, 4.69) is 0 Å². The molecule has 1 aromatic heterocycles. The first-order chi connectivity index (χ1) is 12.3. The first-order valence-electron chi connectivity index (χ1n) is 8.30. The van der Waals surface area contributed by atoms with E-state index in [0.717, 1.165) is 16.7 Å². The third-order valence-electron chi connectivity index (χ3n) is 4.24. The minimum atomic E-state index is -1.40. The van der Waals surface area contributed by atoms with Crippen molar-refractivity contribution in [2.75, 3.05) is 0 Å². The van der Waals surface area contributed by atoms with Gasteiger partial charge in [0.2, 0.25) is 11.2 Å². The van der Waals surface area contributed by atoms with E-state index in [9.17, 15) is 14.7 Å². The van der Waals surface area contributed by atoms with Gasteiger partial charge in [-0.2, -0.15) is 0 Å². The highest BCUT2D eigenvalue weighted by atomic mass is 16.5. The van der Waals surface area contributed by atoms with Gasteiger partial charge in [-0.25, -0.2) is 0 Å². The second-order valence-corrected chi connectivity index (χ2v) is 6.49. The number of ether oxygens (including phenoxy) is 1. The second-order valence-electron chi connectivity index (χ2n) is 6.49. The van der Waals surface area contributed by atoms with E-state index in [4.69, 9.17) is 9.15 Å². The number of benzene rings is 2. The zero-order valence-corrected chi connectivity index (χ0v) is 15.1. The molecule has 0 amide bonds. The number of hydrogen-bond donors (Lipinski definition) is 0. The first-order valence-corrected chi connectivity index (χ1v) is 8.30. The van der Waals surface area contributed by atoms with Crippen LogP contribution in [0, 0.1) is 20.8 Å². The Hall–Kier alpha value is -3.08. The van der Waals surface area contributed by atoms with Crippen LogP contribution in [0.25, 0.3) is 22.3 Å². The van der Waals surface area contributed by atoms with Crippen LogP contribution in [0.1, 0.15) is 23.6 Å². The molecule has 134 valence electrons. The van der Waals surface area contributed by atoms with E-state index in [-0.39, 0.29) is 11.5 Å². The number of fused-ring (bicyclic) bond motifs is 1. The molecule has 3 rings (SSSR count). The fourth-order valence-electron chi connectivity index (χ4n) is 2.90. The molecule has 0 fully saturated rings. The van der Waals surface area contributed by atoms with Gasteiger partial charge in [-0.3, -0.25) is 4.79 Å². The average Bonchev–Trinajstić information content (AvgIpc) is 2.57. The summed E-state index contributed by atoms with van der Waals surface area (Å²) in [6.45, 7) is 6.99. The van der Waals surface area contributed by atoms with Crippen molar-refractivity contribution in [2.45, 2.75) is 33.8 Å². The lowest BCUT2D eigenvalue weighted by Crippen LogP contribution is -2.38. The quantitative estimate of drug-likeness (QED) is 0.722. The maximum Gasteiger partial charge on any atom is 0.235 e. The Balaban J connectivity index is 2.34. The summed E-state index contributed by atoms with van der Waals surface area (Å²) in [7, 11) is 0. The molecule has 0 unspecified atom stereocenters. The Bertz CT molecular complexity index is 1040. The summed E-state index contributed by atoms with van der Waals surface area (Å²) < 4.78 is 11.5. The van der Waals surface area contributed by atoms with Crippen molar-refractivity contribution in [3.63, 3.8) is 0 Å². The molecule has 26 heavy (non-hydrogen) atoms. The van der Waals surface area contributed by atoms with Crippen LogP contribution < -0.4 is 15.3 Å². The molecule has 1 atom stereocenters. The van der Waals surface area contributed by atoms with Gasteiger partial charge < -0.3 is 19.1 Å². The number of carboxylic acids is 1. The SMILES string of the molecule is Cc1ccc(-c2oc3cc(C)cc(C)c3c(=O)c2O[C@@H](C)C(=O)[O-])cc1. The number of hydrogen-bond acceptors (Lipinski definition) is 5. The number of aliphatic carboxylic acids is 1. The van der Waals surface area contributed by atoms with E-state index in [1.807, 2.05) is 39.0 Å². The van der Waals surface area contributed by atoms with Crippen molar-refractivity contribution in [2.24, 2.45) is 0 Å². The third-order valence-corrected chi connectivity index (χ3v) is 4.24. The van der Waals surface area contributed by atoms with E-state index < -0.39 is 17.5 Å². The number of carbonyl (C=O) groups excluding carboxylic acids is 1. The maximum atomic E-state index is 13.1. The lowest BCUT2D eigenvalue weighted by Gasteiger charge is -2.18. The molecule has 0 saturated carbocycles. The molecule has 0 aliphatic rings. The Kier molecular flexibility index (Phi) is 4.55. The topological polar surface area (TPSA) is 79.6 Å². The fraction of sp³-hybridized carbons (Fsp3) is 0.238. The van der Waals surface area contributed by atoms with Gasteiger partial charge in [0, 0.05) is 5.56 Å². The fourth-order valence-corrected chi connectivity index (χ4v) is 2.90. The van der Waals surface area contributed by atoms with Crippen LogP contribution in [-0.4, -0.2) is 12.1 Å². The van der Waals surface area contributed by atoms with Crippen molar-refractivity contribution < 1.29 is 19.1 Å². The molecule has 0 aliphatic heterocycles. The van der Waals surface area contributed by atoms with Gasteiger partial charge in [-0.1, -0.05) is 35.9 Å². The van der Waals surface area contributed by atoms with E-state index in [1.165, 1.54) is 6.92 Å². The third kappa shape index (κ3) is 3.20. The minimum absolute atomic E-state index is 0.120. The smallest absolute Gasteiger partial charge is 0.235 e. The Morgan fingerprint density at radius 1 is 1.08 bits per heavy atom. The summed E-state index contributed by atoms with van der Waals surface area (Å²) in [5.41, 5.74) is 3.44. The second kappa shape index (κ2) is 6.67. The Morgan fingerprint density at radius 3 is 2.35 bits per heavy atom. The van der Waals surface area contributed by atoms with Crippen molar-refractivity contribution in [1.29, 1.82) is 0 Å². The highest BCUT2D eigenvalue weighted by Gasteiger charge is 2.21.